The molecule has 0 saturated carbocycles. The van der Waals surface area contributed by atoms with Crippen LogP contribution in [0.15, 0.2) is 0 Å². The van der Waals surface area contributed by atoms with E-state index in [0.29, 0.717) is 0 Å². The van der Waals surface area contributed by atoms with Gasteiger partial charge >= 0.3 is 92.2 Å². The van der Waals surface area contributed by atoms with Crippen LogP contribution in [0.2, 0.25) is 0 Å². The van der Waals surface area contributed by atoms with Gasteiger partial charge in [-0.15, -0.1) is 0 Å². The molecule has 0 amide bonds. The first-order valence-electron chi connectivity index (χ1n) is 0.612. The molecule has 0 unspecified atom stereocenters. The molecule has 0 atom stereocenters. The van der Waals surface area contributed by atoms with Crippen molar-refractivity contribution in [2.45, 2.75) is 0 Å². The van der Waals surface area contributed by atoms with Gasteiger partial charge < -0.3 is 26.0 Å². The minimum atomic E-state index is -2.33. The Morgan fingerprint density at radius 1 is 0.900 bits per heavy atom. The van der Waals surface area contributed by atoms with Gasteiger partial charge in [0.2, 0.25) is 0 Å². The number of hydrogen-bond acceptors (Lipinski definition) is 4. The largest absolute Gasteiger partial charge is 2.00 e. The van der Waals surface area contributed by atoms with E-state index < -0.39 is 6.16 Å². The molecule has 9 heteroatoms. The van der Waals surface area contributed by atoms with Crippen molar-refractivity contribution in [3.63, 3.8) is 0 Å². The standard InChI is InChI=1S/CH2O3.4Mg.H2O.O/c2-1(3)4;;;;;;/h(H2,2,3,4);;;;;1H2;/q;4*+2;;-2/p-3. The Morgan fingerprint density at radius 2 is 0.900 bits per heavy atom. The van der Waals surface area contributed by atoms with Crippen LogP contribution in [0.25, 0.3) is 0 Å². The van der Waals surface area contributed by atoms with Crippen molar-refractivity contribution >= 4 is 98.4 Å². The van der Waals surface area contributed by atoms with E-state index in [2.05, 4.69) is 0 Å². The quantitative estimate of drug-likeness (QED) is 0.359. The van der Waals surface area contributed by atoms with Gasteiger partial charge in [0.15, 0.2) is 0 Å². The van der Waals surface area contributed by atoms with Crippen molar-refractivity contribution in [2.75, 3.05) is 0 Å². The molecule has 0 spiro atoms. The zero-order valence-corrected chi connectivity index (χ0v) is 11.1. The first kappa shape index (κ1) is 56.2. The average molecular weight is 190 g/mol. The average Bonchev–Trinajstić information content (AvgIpc) is 0.811. The van der Waals surface area contributed by atoms with Gasteiger partial charge in [-0.1, -0.05) is 0 Å². The van der Waals surface area contributed by atoms with Crippen LogP contribution in [0.1, 0.15) is 0 Å². The zero-order chi connectivity index (χ0) is 3.58. The third-order valence-corrected chi connectivity index (χ3v) is 0. The van der Waals surface area contributed by atoms with E-state index in [-0.39, 0.29) is 103 Å². The number of carbonyl (C=O) groups excluding carboxylic acids is 1. The molecule has 10 heavy (non-hydrogen) atoms. The third kappa shape index (κ3) is 173. The molecule has 0 fully saturated rings. The van der Waals surface area contributed by atoms with Crippen molar-refractivity contribution < 1.29 is 26.0 Å². The summed E-state index contributed by atoms with van der Waals surface area (Å²) in [5.41, 5.74) is 0. The van der Waals surface area contributed by atoms with E-state index in [1.54, 1.807) is 0 Å². The molecule has 0 aliphatic heterocycles. The molecule has 0 aromatic rings. The second kappa shape index (κ2) is 42.9. The fourth-order valence-electron chi connectivity index (χ4n) is 0. The smallest absolute Gasteiger partial charge is 2.00 e. The van der Waals surface area contributed by atoms with Gasteiger partial charge in [-0.2, -0.15) is 0 Å². The molecule has 0 saturated heterocycles. The molecule has 0 rings (SSSR count). The van der Waals surface area contributed by atoms with Crippen LogP contribution in [-0.2, 0) is 5.48 Å². The maximum atomic E-state index is 8.33. The first-order chi connectivity index (χ1) is 1.73. The van der Waals surface area contributed by atoms with E-state index in [1.165, 1.54) is 0 Å². The van der Waals surface area contributed by atoms with Crippen LogP contribution in [0.3, 0.4) is 0 Å². The third-order valence-electron chi connectivity index (χ3n) is 0. The van der Waals surface area contributed by atoms with Gasteiger partial charge in [0.1, 0.15) is 0 Å². The maximum absolute atomic E-state index is 8.33. The molecule has 40 valence electrons. The molecule has 5 nitrogen and oxygen atoms in total. The molecule has 0 radical (unpaired) electrons. The fourth-order valence-corrected chi connectivity index (χ4v) is 0. The Hall–Kier alpha value is 2.25. The normalized spacial score (nSPS) is 2.40. The SMILES string of the molecule is O=C([O-])[O-].[Mg+2].[Mg+2].[Mg+2].[Mg+2].[O-2].[OH-]. The molecule has 0 aromatic carbocycles. The number of hydrogen-bond donors (Lipinski definition) is 0. The van der Waals surface area contributed by atoms with Crippen LogP contribution in [0, 0.1) is 0 Å². The minimum absolute atomic E-state index is 0. The summed E-state index contributed by atoms with van der Waals surface area (Å²) < 4.78 is 0. The molecule has 0 aliphatic rings. The van der Waals surface area contributed by atoms with Gasteiger partial charge in [0.25, 0.3) is 0 Å². The topological polar surface area (TPSA) is 122 Å². The van der Waals surface area contributed by atoms with Crippen molar-refractivity contribution in [2.24, 2.45) is 0 Å². The summed E-state index contributed by atoms with van der Waals surface area (Å²) in [4.78, 5) is 8.33. The van der Waals surface area contributed by atoms with Crippen molar-refractivity contribution in [3.05, 3.63) is 0 Å². The second-order valence-electron chi connectivity index (χ2n) is 0.250. The molecule has 0 aromatic heterocycles. The number of rotatable bonds is 0. The van der Waals surface area contributed by atoms with E-state index in [9.17, 15) is 0 Å². The number of carbonyl (C=O) groups is 1. The fraction of sp³-hybridized carbons (Fsp3) is 0. The maximum Gasteiger partial charge on any atom is 2.00 e. The van der Waals surface area contributed by atoms with Gasteiger partial charge in [0, 0.05) is 0 Å². The van der Waals surface area contributed by atoms with E-state index >= 15 is 0 Å². The summed E-state index contributed by atoms with van der Waals surface area (Å²) in [5.74, 6) is 0. The minimum Gasteiger partial charge on any atom is -2.00 e. The summed E-state index contributed by atoms with van der Waals surface area (Å²) in [6.45, 7) is 0. The monoisotopic (exact) mass is 189 g/mol. The summed E-state index contributed by atoms with van der Waals surface area (Å²) in [6.07, 6.45) is -2.33. The van der Waals surface area contributed by atoms with Crippen LogP contribution < -0.4 is 10.2 Å². The molecule has 0 heterocycles. The summed E-state index contributed by atoms with van der Waals surface area (Å²) in [6, 6.07) is 0. The Labute approximate surface area is 123 Å². The second-order valence-corrected chi connectivity index (χ2v) is 0.250. The van der Waals surface area contributed by atoms with E-state index in [1.807, 2.05) is 0 Å². The molecule has 1 N–H and O–H groups in total. The van der Waals surface area contributed by atoms with Gasteiger partial charge in [-0.3, -0.25) is 0 Å². The van der Waals surface area contributed by atoms with E-state index in [4.69, 9.17) is 15.0 Å². The molecule has 0 aliphatic carbocycles. The zero-order valence-electron chi connectivity index (χ0n) is 5.41. The van der Waals surface area contributed by atoms with Crippen molar-refractivity contribution in [1.29, 1.82) is 0 Å². The van der Waals surface area contributed by atoms with Crippen LogP contribution in [0.4, 0.5) is 4.79 Å². The van der Waals surface area contributed by atoms with Gasteiger partial charge in [-0.05, 0) is 6.16 Å². The molecular formula is CHMg4O5+3. The number of carboxylic acid groups (broad SMARTS) is 2. The van der Waals surface area contributed by atoms with E-state index in [0.717, 1.165) is 0 Å². The van der Waals surface area contributed by atoms with Gasteiger partial charge in [-0.25, -0.2) is 0 Å². The molecule has 0 bridgehead atoms. The Bertz CT molecular complexity index is 36.6. The van der Waals surface area contributed by atoms with Crippen molar-refractivity contribution in [1.82, 2.24) is 0 Å². The van der Waals surface area contributed by atoms with Crippen LogP contribution in [0.5, 0.6) is 0 Å². The Kier molecular flexibility index (Phi) is 241. The van der Waals surface area contributed by atoms with Gasteiger partial charge in [0.05, 0.1) is 0 Å². The van der Waals surface area contributed by atoms with Crippen LogP contribution in [-0.4, -0.2) is 104 Å². The summed E-state index contributed by atoms with van der Waals surface area (Å²) in [7, 11) is 0. The summed E-state index contributed by atoms with van der Waals surface area (Å²) in [5, 5.41) is 16.7. The first-order valence-corrected chi connectivity index (χ1v) is 0.612. The Morgan fingerprint density at radius 3 is 0.900 bits per heavy atom. The van der Waals surface area contributed by atoms with Crippen LogP contribution >= 0.6 is 0 Å². The summed E-state index contributed by atoms with van der Waals surface area (Å²) >= 11 is 0. The van der Waals surface area contributed by atoms with Crippen molar-refractivity contribution in [3.8, 4) is 0 Å². The predicted octanol–water partition coefficient (Wildman–Crippen LogP) is -4.27. The predicted molar refractivity (Wildman–Crippen MR) is 31.0 cm³/mol. The Balaban J connectivity index is -0.00000000300. The molecular weight excluding hydrogens is 189 g/mol.